The van der Waals surface area contributed by atoms with Gasteiger partial charge in [0.15, 0.2) is 18.0 Å². The van der Waals surface area contributed by atoms with E-state index in [1.807, 2.05) is 18.2 Å². The molecule has 0 fully saturated rings. The van der Waals surface area contributed by atoms with Crippen LogP contribution >= 0.6 is 0 Å². The van der Waals surface area contributed by atoms with Crippen molar-refractivity contribution in [1.82, 2.24) is 0 Å². The predicted octanol–water partition coefficient (Wildman–Crippen LogP) is 3.33. The van der Waals surface area contributed by atoms with Crippen molar-refractivity contribution in [3.63, 3.8) is 0 Å². The zero-order chi connectivity index (χ0) is 19.3. The molecule has 2 aromatic rings. The number of nitrogens with zero attached hydrogens (tertiary/aromatic N) is 2. The molecule has 1 N–H and O–H groups in total. The molecule has 5 heteroatoms. The van der Waals surface area contributed by atoms with Crippen LogP contribution in [-0.4, -0.2) is 41.8 Å². The molecule has 146 valence electrons. The van der Waals surface area contributed by atoms with Crippen LogP contribution < -0.4 is 14.4 Å². The number of aryl methyl sites for hydroxylation is 2. The van der Waals surface area contributed by atoms with E-state index in [9.17, 15) is 5.11 Å². The SMILES string of the molecule is Cc1ccc(C)c(N2CC(O)(c3ccc4c(c3)OCCO4)[N+]3=C2CCCC3)c1. The Morgan fingerprint density at radius 1 is 1.00 bits per heavy atom. The first kappa shape index (κ1) is 17.6. The van der Waals surface area contributed by atoms with E-state index in [1.165, 1.54) is 22.6 Å². The second-order valence-corrected chi connectivity index (χ2v) is 8.08. The number of fused-ring (bicyclic) bond motifs is 1. The Morgan fingerprint density at radius 3 is 2.68 bits per heavy atom. The minimum atomic E-state index is -1.07. The average Bonchev–Trinajstić information content (AvgIpc) is 3.03. The molecule has 0 aliphatic carbocycles. The summed E-state index contributed by atoms with van der Waals surface area (Å²) in [5.74, 6) is 2.70. The van der Waals surface area contributed by atoms with Crippen LogP contribution in [0, 0.1) is 13.8 Å². The fourth-order valence-electron chi connectivity index (χ4n) is 4.67. The van der Waals surface area contributed by atoms with Crippen molar-refractivity contribution in [1.29, 1.82) is 0 Å². The second-order valence-electron chi connectivity index (χ2n) is 8.08. The van der Waals surface area contributed by atoms with Crippen LogP contribution in [0.3, 0.4) is 0 Å². The minimum Gasteiger partial charge on any atom is -0.486 e. The third kappa shape index (κ3) is 2.68. The topological polar surface area (TPSA) is 44.9 Å². The molecule has 0 saturated carbocycles. The Labute approximate surface area is 165 Å². The summed E-state index contributed by atoms with van der Waals surface area (Å²) >= 11 is 0. The van der Waals surface area contributed by atoms with Crippen molar-refractivity contribution in [3.8, 4) is 11.5 Å². The molecular formula is C23H27N2O3+. The normalized spacial score (nSPS) is 23.8. The number of aliphatic hydroxyl groups is 1. The first-order valence-electron chi connectivity index (χ1n) is 10.2. The van der Waals surface area contributed by atoms with Crippen LogP contribution in [0.5, 0.6) is 11.5 Å². The van der Waals surface area contributed by atoms with Gasteiger partial charge in [0.2, 0.25) is 0 Å². The van der Waals surface area contributed by atoms with E-state index in [-0.39, 0.29) is 0 Å². The van der Waals surface area contributed by atoms with Gasteiger partial charge in [-0.1, -0.05) is 12.1 Å². The molecule has 5 rings (SSSR count). The fourth-order valence-corrected chi connectivity index (χ4v) is 4.67. The minimum absolute atomic E-state index is 0.520. The molecule has 5 nitrogen and oxygen atoms in total. The van der Waals surface area contributed by atoms with Crippen molar-refractivity contribution in [2.45, 2.75) is 38.8 Å². The molecule has 0 saturated heterocycles. The predicted molar refractivity (Wildman–Crippen MR) is 109 cm³/mol. The van der Waals surface area contributed by atoms with E-state index in [1.54, 1.807) is 0 Å². The molecule has 0 spiro atoms. The highest BCUT2D eigenvalue weighted by Crippen LogP contribution is 2.40. The van der Waals surface area contributed by atoms with Gasteiger partial charge >= 0.3 is 0 Å². The van der Waals surface area contributed by atoms with Crippen molar-refractivity contribution in [2.75, 3.05) is 31.2 Å². The lowest BCUT2D eigenvalue weighted by Crippen LogP contribution is -2.41. The standard InChI is InChI=1S/C23H27N2O3/c1-16-6-7-17(2)19(13-16)24-15-23(26,25-10-4-3-5-22(24)25)18-8-9-20-21(14-18)28-12-11-27-20/h6-9,13-14,26H,3-5,10-12,15H2,1-2H3/q+1. The molecule has 1 atom stereocenters. The zero-order valence-corrected chi connectivity index (χ0v) is 16.6. The van der Waals surface area contributed by atoms with E-state index in [4.69, 9.17) is 9.47 Å². The average molecular weight is 379 g/mol. The summed E-state index contributed by atoms with van der Waals surface area (Å²) in [5, 5.41) is 11.9. The molecular weight excluding hydrogens is 352 g/mol. The van der Waals surface area contributed by atoms with Gasteiger partial charge in [-0.3, -0.25) is 0 Å². The Bertz CT molecular complexity index is 968. The quantitative estimate of drug-likeness (QED) is 0.813. The number of anilines is 1. The molecule has 0 bridgehead atoms. The van der Waals surface area contributed by atoms with Crippen LogP contribution in [-0.2, 0) is 5.72 Å². The fraction of sp³-hybridized carbons (Fsp3) is 0.435. The maximum absolute atomic E-state index is 11.9. The first-order chi connectivity index (χ1) is 13.6. The number of amidine groups is 1. The van der Waals surface area contributed by atoms with Crippen LogP contribution in [0.25, 0.3) is 0 Å². The molecule has 28 heavy (non-hydrogen) atoms. The van der Waals surface area contributed by atoms with E-state index >= 15 is 0 Å². The number of hydrogen-bond acceptors (Lipinski definition) is 4. The van der Waals surface area contributed by atoms with Crippen molar-refractivity contribution in [3.05, 3.63) is 53.1 Å². The molecule has 2 aromatic carbocycles. The summed E-state index contributed by atoms with van der Waals surface area (Å²) in [6, 6.07) is 12.4. The zero-order valence-electron chi connectivity index (χ0n) is 16.6. The van der Waals surface area contributed by atoms with Crippen molar-refractivity contribution in [2.24, 2.45) is 0 Å². The van der Waals surface area contributed by atoms with Gasteiger partial charge in [-0.2, -0.15) is 0 Å². The second kappa shape index (κ2) is 6.52. The van der Waals surface area contributed by atoms with E-state index in [0.717, 1.165) is 42.9 Å². The van der Waals surface area contributed by atoms with Gasteiger partial charge in [-0.05, 0) is 62.1 Å². The van der Waals surface area contributed by atoms with Crippen molar-refractivity contribution < 1.29 is 19.2 Å². The van der Waals surface area contributed by atoms with Gasteiger partial charge in [-0.15, -0.1) is 0 Å². The van der Waals surface area contributed by atoms with Gasteiger partial charge in [0.25, 0.3) is 11.6 Å². The highest BCUT2D eigenvalue weighted by Gasteiger charge is 2.53. The van der Waals surface area contributed by atoms with Crippen molar-refractivity contribution >= 4 is 11.5 Å². The summed E-state index contributed by atoms with van der Waals surface area (Å²) in [4.78, 5) is 2.32. The number of ether oxygens (including phenoxy) is 2. The highest BCUT2D eigenvalue weighted by atomic mass is 16.6. The van der Waals surface area contributed by atoms with E-state index in [2.05, 4.69) is 41.5 Å². The molecule has 3 heterocycles. The van der Waals surface area contributed by atoms with Gasteiger partial charge in [0, 0.05) is 12.0 Å². The highest BCUT2D eigenvalue weighted by molar-refractivity contribution is 5.96. The molecule has 0 radical (unpaired) electrons. The third-order valence-corrected chi connectivity index (χ3v) is 6.14. The van der Waals surface area contributed by atoms with Gasteiger partial charge < -0.3 is 14.6 Å². The summed E-state index contributed by atoms with van der Waals surface area (Å²) in [6.45, 7) is 6.76. The maximum atomic E-state index is 11.9. The molecule has 0 amide bonds. The molecule has 3 aliphatic heterocycles. The lowest BCUT2D eigenvalue weighted by molar-refractivity contribution is -0.661. The van der Waals surface area contributed by atoms with Gasteiger partial charge in [0.1, 0.15) is 18.9 Å². The van der Waals surface area contributed by atoms with Gasteiger partial charge in [-0.25, -0.2) is 9.48 Å². The number of rotatable bonds is 2. The van der Waals surface area contributed by atoms with E-state index < -0.39 is 5.72 Å². The number of β-amino-alcohol motifs (C(OH)–C–C–N with tert-alkyl or cyclic N) is 1. The summed E-state index contributed by atoms with van der Waals surface area (Å²) < 4.78 is 13.6. The number of hydrogen-bond donors (Lipinski definition) is 1. The van der Waals surface area contributed by atoms with Crippen LogP contribution in [0.1, 0.15) is 36.0 Å². The summed E-state index contributed by atoms with van der Waals surface area (Å²) in [6.07, 6.45) is 3.24. The molecule has 3 aliphatic rings. The molecule has 0 aromatic heterocycles. The smallest absolute Gasteiger partial charge is 0.271 e. The third-order valence-electron chi connectivity index (χ3n) is 6.14. The Hall–Kier alpha value is -2.53. The monoisotopic (exact) mass is 379 g/mol. The van der Waals surface area contributed by atoms with Crippen LogP contribution in [0.15, 0.2) is 36.4 Å². The van der Waals surface area contributed by atoms with Crippen LogP contribution in [0.4, 0.5) is 5.69 Å². The Balaban J connectivity index is 1.60. The first-order valence-corrected chi connectivity index (χ1v) is 10.2. The maximum Gasteiger partial charge on any atom is 0.271 e. The Kier molecular flexibility index (Phi) is 4.09. The van der Waals surface area contributed by atoms with Gasteiger partial charge in [0.05, 0.1) is 6.54 Å². The lowest BCUT2D eigenvalue weighted by Gasteiger charge is -2.26. The Morgan fingerprint density at radius 2 is 1.82 bits per heavy atom. The number of benzene rings is 2. The van der Waals surface area contributed by atoms with E-state index in [0.29, 0.717) is 19.8 Å². The lowest BCUT2D eigenvalue weighted by atomic mass is 10.0. The van der Waals surface area contributed by atoms with Crippen LogP contribution in [0.2, 0.25) is 0 Å². The largest absolute Gasteiger partial charge is 0.486 e. The summed E-state index contributed by atoms with van der Waals surface area (Å²) in [5.41, 5.74) is 3.45. The molecule has 1 unspecified atom stereocenters. The summed E-state index contributed by atoms with van der Waals surface area (Å²) in [7, 11) is 0.